The van der Waals surface area contributed by atoms with Crippen LogP contribution in [0.3, 0.4) is 0 Å². The second-order valence-electron chi connectivity index (χ2n) is 5.07. The molecule has 0 bridgehead atoms. The fourth-order valence-corrected chi connectivity index (χ4v) is 1.83. The summed E-state index contributed by atoms with van der Waals surface area (Å²) in [6, 6.07) is 5.44. The Balaban J connectivity index is 0.00000400. The van der Waals surface area contributed by atoms with Gasteiger partial charge >= 0.3 is 0 Å². The molecule has 0 saturated carbocycles. The SMILES string of the molecule is CC(CC(=O)N(C)C(C)CN)C(=O)c1cccc(F)c1.Cl. The molecule has 1 aromatic rings. The smallest absolute Gasteiger partial charge is 0.223 e. The van der Waals surface area contributed by atoms with Gasteiger partial charge in [0, 0.05) is 37.5 Å². The topological polar surface area (TPSA) is 63.4 Å². The number of ketones is 1. The average Bonchev–Trinajstić information content (AvgIpc) is 2.44. The van der Waals surface area contributed by atoms with E-state index in [1.807, 2.05) is 6.92 Å². The minimum absolute atomic E-state index is 0. The molecule has 0 aliphatic rings. The second kappa shape index (κ2) is 8.74. The van der Waals surface area contributed by atoms with Crippen molar-refractivity contribution in [3.63, 3.8) is 0 Å². The molecule has 118 valence electrons. The Labute approximate surface area is 130 Å². The van der Waals surface area contributed by atoms with Crippen LogP contribution in [0, 0.1) is 11.7 Å². The molecule has 0 fully saturated rings. The Hall–Kier alpha value is -1.46. The van der Waals surface area contributed by atoms with Gasteiger partial charge in [0.05, 0.1) is 0 Å². The first-order chi connectivity index (χ1) is 9.36. The van der Waals surface area contributed by atoms with Crippen LogP contribution in [0.1, 0.15) is 30.6 Å². The Morgan fingerprint density at radius 3 is 2.48 bits per heavy atom. The number of rotatable bonds is 6. The number of amides is 1. The van der Waals surface area contributed by atoms with E-state index in [1.165, 1.54) is 23.1 Å². The predicted octanol–water partition coefficient (Wildman–Crippen LogP) is 2.26. The Kier molecular flexibility index (Phi) is 8.14. The van der Waals surface area contributed by atoms with E-state index in [2.05, 4.69) is 0 Å². The summed E-state index contributed by atoms with van der Waals surface area (Å²) >= 11 is 0. The monoisotopic (exact) mass is 316 g/mol. The van der Waals surface area contributed by atoms with Gasteiger partial charge in [-0.05, 0) is 19.1 Å². The third kappa shape index (κ3) is 5.44. The van der Waals surface area contributed by atoms with Crippen LogP contribution >= 0.6 is 12.4 Å². The highest BCUT2D eigenvalue weighted by atomic mass is 35.5. The lowest BCUT2D eigenvalue weighted by atomic mass is 9.95. The van der Waals surface area contributed by atoms with Gasteiger partial charge in [-0.25, -0.2) is 4.39 Å². The Morgan fingerprint density at radius 2 is 1.95 bits per heavy atom. The van der Waals surface area contributed by atoms with Crippen LogP contribution in [0.5, 0.6) is 0 Å². The molecule has 0 aromatic heterocycles. The third-order valence-corrected chi connectivity index (χ3v) is 3.43. The number of nitrogens with two attached hydrogens (primary N) is 1. The number of benzene rings is 1. The van der Waals surface area contributed by atoms with Crippen LogP contribution in [0.25, 0.3) is 0 Å². The molecule has 4 nitrogen and oxygen atoms in total. The van der Waals surface area contributed by atoms with E-state index in [0.717, 1.165) is 0 Å². The summed E-state index contributed by atoms with van der Waals surface area (Å²) in [6.45, 7) is 3.89. The molecule has 0 spiro atoms. The van der Waals surface area contributed by atoms with Crippen LogP contribution in [0.4, 0.5) is 4.39 Å². The fraction of sp³-hybridized carbons (Fsp3) is 0.467. The van der Waals surface area contributed by atoms with E-state index in [1.54, 1.807) is 20.0 Å². The van der Waals surface area contributed by atoms with Crippen molar-refractivity contribution in [1.82, 2.24) is 4.90 Å². The van der Waals surface area contributed by atoms with Gasteiger partial charge in [0.25, 0.3) is 0 Å². The van der Waals surface area contributed by atoms with Crippen molar-refractivity contribution in [2.24, 2.45) is 11.7 Å². The van der Waals surface area contributed by atoms with Gasteiger partial charge in [0.15, 0.2) is 5.78 Å². The van der Waals surface area contributed by atoms with Gasteiger partial charge in [-0.2, -0.15) is 0 Å². The standard InChI is InChI=1S/C15H21FN2O2.ClH/c1-10(7-14(19)18(3)11(2)9-17)15(20)12-5-4-6-13(16)8-12;/h4-6,8,10-11H,7,9,17H2,1-3H3;1H. The maximum Gasteiger partial charge on any atom is 0.223 e. The summed E-state index contributed by atoms with van der Waals surface area (Å²) < 4.78 is 13.1. The molecule has 0 aliphatic carbocycles. The van der Waals surface area contributed by atoms with Crippen molar-refractivity contribution in [2.45, 2.75) is 26.3 Å². The molecule has 1 aromatic carbocycles. The third-order valence-electron chi connectivity index (χ3n) is 3.43. The highest BCUT2D eigenvalue weighted by molar-refractivity contribution is 5.99. The average molecular weight is 317 g/mol. The Morgan fingerprint density at radius 1 is 1.33 bits per heavy atom. The number of halogens is 2. The summed E-state index contributed by atoms with van der Waals surface area (Å²) in [4.78, 5) is 25.7. The van der Waals surface area contributed by atoms with Crippen molar-refractivity contribution in [3.05, 3.63) is 35.6 Å². The van der Waals surface area contributed by atoms with Gasteiger partial charge in [0.1, 0.15) is 5.82 Å². The lowest BCUT2D eigenvalue weighted by Crippen LogP contribution is -2.40. The van der Waals surface area contributed by atoms with Crippen molar-refractivity contribution in [3.8, 4) is 0 Å². The fourth-order valence-electron chi connectivity index (χ4n) is 1.83. The first-order valence-corrected chi connectivity index (χ1v) is 6.62. The first-order valence-electron chi connectivity index (χ1n) is 6.62. The highest BCUT2D eigenvalue weighted by Gasteiger charge is 2.22. The zero-order chi connectivity index (χ0) is 15.3. The van der Waals surface area contributed by atoms with Crippen molar-refractivity contribution in [1.29, 1.82) is 0 Å². The summed E-state index contributed by atoms with van der Waals surface area (Å²) in [6.07, 6.45) is 0.0934. The van der Waals surface area contributed by atoms with Crippen LogP contribution < -0.4 is 5.73 Å². The molecule has 21 heavy (non-hydrogen) atoms. The lowest BCUT2D eigenvalue weighted by Gasteiger charge is -2.24. The minimum Gasteiger partial charge on any atom is -0.342 e. The number of carbonyl (C=O) groups excluding carboxylic acids is 2. The second-order valence-corrected chi connectivity index (χ2v) is 5.07. The van der Waals surface area contributed by atoms with E-state index in [4.69, 9.17) is 5.73 Å². The zero-order valence-corrected chi connectivity index (χ0v) is 13.3. The number of carbonyl (C=O) groups is 2. The van der Waals surface area contributed by atoms with Crippen LogP contribution in [0.15, 0.2) is 24.3 Å². The molecule has 6 heteroatoms. The number of nitrogens with zero attached hydrogens (tertiary/aromatic N) is 1. The minimum atomic E-state index is -0.489. The molecule has 0 radical (unpaired) electrons. The van der Waals surface area contributed by atoms with E-state index in [0.29, 0.717) is 12.1 Å². The summed E-state index contributed by atoms with van der Waals surface area (Å²) in [5, 5.41) is 0. The van der Waals surface area contributed by atoms with Crippen LogP contribution in [0.2, 0.25) is 0 Å². The van der Waals surface area contributed by atoms with Crippen LogP contribution in [-0.4, -0.2) is 36.2 Å². The molecular formula is C15H22ClFN2O2. The summed E-state index contributed by atoms with van der Waals surface area (Å²) in [5.74, 6) is -1.31. The largest absolute Gasteiger partial charge is 0.342 e. The van der Waals surface area contributed by atoms with Gasteiger partial charge in [0.2, 0.25) is 5.91 Å². The molecule has 1 rings (SSSR count). The molecule has 1 amide bonds. The molecule has 2 unspecified atom stereocenters. The molecular weight excluding hydrogens is 295 g/mol. The van der Waals surface area contributed by atoms with E-state index < -0.39 is 11.7 Å². The number of hydrogen-bond donors (Lipinski definition) is 1. The molecule has 0 saturated heterocycles. The summed E-state index contributed by atoms with van der Waals surface area (Å²) in [7, 11) is 1.67. The number of Topliss-reactive ketones (excluding diaryl/α,β-unsaturated/α-hetero) is 1. The molecule has 2 atom stereocenters. The maximum atomic E-state index is 13.1. The predicted molar refractivity (Wildman–Crippen MR) is 83.0 cm³/mol. The maximum absolute atomic E-state index is 13.1. The van der Waals surface area contributed by atoms with E-state index >= 15 is 0 Å². The van der Waals surface area contributed by atoms with Crippen LogP contribution in [-0.2, 0) is 4.79 Å². The summed E-state index contributed by atoms with van der Waals surface area (Å²) in [5.41, 5.74) is 5.80. The molecule has 2 N–H and O–H groups in total. The van der Waals surface area contributed by atoms with Gasteiger partial charge in [-0.1, -0.05) is 19.1 Å². The van der Waals surface area contributed by atoms with E-state index in [-0.39, 0.29) is 36.6 Å². The van der Waals surface area contributed by atoms with Crippen molar-refractivity contribution in [2.75, 3.05) is 13.6 Å². The zero-order valence-electron chi connectivity index (χ0n) is 12.5. The van der Waals surface area contributed by atoms with Crippen molar-refractivity contribution < 1.29 is 14.0 Å². The number of hydrogen-bond acceptors (Lipinski definition) is 3. The van der Waals surface area contributed by atoms with Gasteiger partial charge in [-0.3, -0.25) is 9.59 Å². The first kappa shape index (κ1) is 19.5. The lowest BCUT2D eigenvalue weighted by molar-refractivity contribution is -0.132. The molecule has 0 aliphatic heterocycles. The molecule has 0 heterocycles. The van der Waals surface area contributed by atoms with Gasteiger partial charge in [-0.15, -0.1) is 12.4 Å². The normalized spacial score (nSPS) is 13.0. The quantitative estimate of drug-likeness (QED) is 0.819. The van der Waals surface area contributed by atoms with Gasteiger partial charge < -0.3 is 10.6 Å². The van der Waals surface area contributed by atoms with E-state index in [9.17, 15) is 14.0 Å². The van der Waals surface area contributed by atoms with Crippen molar-refractivity contribution >= 4 is 24.1 Å². The highest BCUT2D eigenvalue weighted by Crippen LogP contribution is 2.15. The Bertz CT molecular complexity index is 496. The number of likely N-dealkylation sites (N-methyl/N-ethyl adjacent to an activating group) is 1.